The van der Waals surface area contributed by atoms with Gasteiger partial charge >= 0.3 is 0 Å². The zero-order valence-electron chi connectivity index (χ0n) is 10.8. The summed E-state index contributed by atoms with van der Waals surface area (Å²) in [7, 11) is -1.78. The number of sulfonamides is 1. The van der Waals surface area contributed by atoms with Crippen LogP contribution in [0.15, 0.2) is 35.6 Å². The normalized spacial score (nSPS) is 11.5. The van der Waals surface area contributed by atoms with Gasteiger partial charge in [-0.25, -0.2) is 18.5 Å². The smallest absolute Gasteiger partial charge is 0.238 e. The molecule has 6 nitrogen and oxygen atoms in total. The Hall–Kier alpha value is -1.86. The maximum atomic E-state index is 11.3. The van der Waals surface area contributed by atoms with E-state index in [9.17, 15) is 8.42 Å². The number of primary sulfonamides is 1. The Morgan fingerprint density at radius 3 is 2.74 bits per heavy atom. The van der Waals surface area contributed by atoms with Crippen molar-refractivity contribution in [2.45, 2.75) is 18.4 Å². The van der Waals surface area contributed by atoms with Crippen molar-refractivity contribution < 1.29 is 8.42 Å². The van der Waals surface area contributed by atoms with Gasteiger partial charge in [0.1, 0.15) is 0 Å². The summed E-state index contributed by atoms with van der Waals surface area (Å²) in [5.41, 5.74) is 2.70. The van der Waals surface area contributed by atoms with Crippen LogP contribution in [0.25, 0.3) is 0 Å². The lowest BCUT2D eigenvalue weighted by Crippen LogP contribution is -2.13. The third-order valence-corrected chi connectivity index (χ3v) is 3.82. The zero-order valence-corrected chi connectivity index (χ0v) is 11.6. The molecule has 19 heavy (non-hydrogen) atoms. The zero-order chi connectivity index (χ0) is 14.0. The molecule has 0 amide bonds. The molecule has 0 aliphatic rings. The molecule has 0 saturated heterocycles. The number of nitrogens with zero attached hydrogens (tertiary/aromatic N) is 2. The van der Waals surface area contributed by atoms with Gasteiger partial charge in [0, 0.05) is 18.9 Å². The summed E-state index contributed by atoms with van der Waals surface area (Å²) in [4.78, 5) is 4.12. The summed E-state index contributed by atoms with van der Waals surface area (Å²) in [6.07, 6.45) is 3.47. The number of aryl methyl sites for hydroxylation is 2. The van der Waals surface area contributed by atoms with E-state index in [4.69, 9.17) is 5.14 Å². The van der Waals surface area contributed by atoms with Crippen molar-refractivity contribution in [2.24, 2.45) is 12.2 Å². The number of nitrogens with two attached hydrogens (primary N) is 1. The van der Waals surface area contributed by atoms with Crippen molar-refractivity contribution in [2.75, 3.05) is 5.32 Å². The minimum Gasteiger partial charge on any atom is -0.379 e. The molecule has 0 radical (unpaired) electrons. The quantitative estimate of drug-likeness (QED) is 0.873. The lowest BCUT2D eigenvalue weighted by Gasteiger charge is -2.11. The highest BCUT2D eigenvalue weighted by Gasteiger charge is 2.10. The summed E-state index contributed by atoms with van der Waals surface area (Å²) in [5, 5.41) is 8.31. The topological polar surface area (TPSA) is 90.0 Å². The van der Waals surface area contributed by atoms with Gasteiger partial charge in [0.05, 0.1) is 23.5 Å². The third kappa shape index (κ3) is 3.12. The molecule has 102 valence electrons. The van der Waals surface area contributed by atoms with Gasteiger partial charge in [-0.2, -0.15) is 0 Å². The van der Waals surface area contributed by atoms with E-state index in [1.165, 1.54) is 6.07 Å². The fourth-order valence-corrected chi connectivity index (χ4v) is 2.25. The highest BCUT2D eigenvalue weighted by Crippen LogP contribution is 2.20. The SMILES string of the molecule is Cc1ccc(S(N)(=O)=O)cc1NCc1cncn1C. The second kappa shape index (κ2) is 5.02. The number of imidazole rings is 1. The summed E-state index contributed by atoms with van der Waals surface area (Å²) >= 11 is 0. The Kier molecular flexibility index (Phi) is 3.59. The van der Waals surface area contributed by atoms with Crippen LogP contribution >= 0.6 is 0 Å². The first-order valence-corrected chi connectivity index (χ1v) is 7.25. The molecule has 0 atom stereocenters. The Balaban J connectivity index is 2.23. The first-order chi connectivity index (χ1) is 8.88. The first-order valence-electron chi connectivity index (χ1n) is 5.70. The van der Waals surface area contributed by atoms with Gasteiger partial charge in [-0.05, 0) is 24.6 Å². The second-order valence-corrected chi connectivity index (χ2v) is 5.93. The Labute approximate surface area is 112 Å². The fraction of sp³-hybridized carbons (Fsp3) is 0.250. The van der Waals surface area contributed by atoms with Crippen molar-refractivity contribution >= 4 is 15.7 Å². The van der Waals surface area contributed by atoms with Crippen LogP contribution in [0.4, 0.5) is 5.69 Å². The van der Waals surface area contributed by atoms with Crippen molar-refractivity contribution in [3.05, 3.63) is 42.0 Å². The number of nitrogens with one attached hydrogen (secondary N) is 1. The summed E-state index contributed by atoms with van der Waals surface area (Å²) in [6.45, 7) is 2.46. The molecule has 0 bridgehead atoms. The van der Waals surface area contributed by atoms with Gasteiger partial charge < -0.3 is 9.88 Å². The minimum atomic E-state index is -3.68. The van der Waals surface area contributed by atoms with Crippen molar-refractivity contribution in [3.8, 4) is 0 Å². The highest BCUT2D eigenvalue weighted by atomic mass is 32.2. The number of hydrogen-bond donors (Lipinski definition) is 2. The van der Waals surface area contributed by atoms with E-state index in [-0.39, 0.29) is 4.90 Å². The van der Waals surface area contributed by atoms with Gasteiger partial charge in [0.2, 0.25) is 10.0 Å². The number of anilines is 1. The summed E-state index contributed by atoms with van der Waals surface area (Å²) < 4.78 is 24.5. The van der Waals surface area contributed by atoms with E-state index in [0.717, 1.165) is 16.9 Å². The Morgan fingerprint density at radius 1 is 1.42 bits per heavy atom. The first kappa shape index (κ1) is 13.6. The monoisotopic (exact) mass is 280 g/mol. The fourth-order valence-electron chi connectivity index (χ4n) is 1.71. The van der Waals surface area contributed by atoms with Crippen molar-refractivity contribution in [3.63, 3.8) is 0 Å². The maximum Gasteiger partial charge on any atom is 0.238 e. The molecular weight excluding hydrogens is 264 g/mol. The Bertz CT molecular complexity index is 692. The number of hydrogen-bond acceptors (Lipinski definition) is 4. The molecule has 2 aromatic rings. The minimum absolute atomic E-state index is 0.102. The summed E-state index contributed by atoms with van der Waals surface area (Å²) in [6, 6.07) is 4.77. The van der Waals surface area contributed by atoms with Gasteiger partial charge in [0.25, 0.3) is 0 Å². The molecule has 1 aromatic heterocycles. The lowest BCUT2D eigenvalue weighted by atomic mass is 10.2. The van der Waals surface area contributed by atoms with Crippen LogP contribution < -0.4 is 10.5 Å². The molecule has 0 aliphatic carbocycles. The van der Waals surface area contributed by atoms with Gasteiger partial charge in [0.15, 0.2) is 0 Å². The number of aromatic nitrogens is 2. The van der Waals surface area contributed by atoms with Crippen LogP contribution in [0.2, 0.25) is 0 Å². The third-order valence-electron chi connectivity index (χ3n) is 2.91. The molecule has 2 rings (SSSR count). The molecule has 0 spiro atoms. The average Bonchev–Trinajstić information content (AvgIpc) is 2.72. The van der Waals surface area contributed by atoms with E-state index in [1.54, 1.807) is 24.7 Å². The van der Waals surface area contributed by atoms with Gasteiger partial charge in [-0.15, -0.1) is 0 Å². The van der Waals surface area contributed by atoms with Crippen LogP contribution in [-0.2, 0) is 23.6 Å². The van der Waals surface area contributed by atoms with E-state index < -0.39 is 10.0 Å². The van der Waals surface area contributed by atoms with E-state index in [2.05, 4.69) is 10.3 Å². The molecule has 1 aromatic carbocycles. The van der Waals surface area contributed by atoms with E-state index in [0.29, 0.717) is 6.54 Å². The molecule has 0 saturated carbocycles. The number of benzene rings is 1. The molecule has 1 heterocycles. The van der Waals surface area contributed by atoms with Crippen molar-refractivity contribution in [1.29, 1.82) is 0 Å². The summed E-state index contributed by atoms with van der Waals surface area (Å²) in [5.74, 6) is 0. The maximum absolute atomic E-state index is 11.3. The highest BCUT2D eigenvalue weighted by molar-refractivity contribution is 7.89. The largest absolute Gasteiger partial charge is 0.379 e. The number of rotatable bonds is 4. The average molecular weight is 280 g/mol. The van der Waals surface area contributed by atoms with Crippen LogP contribution in [0.5, 0.6) is 0 Å². The van der Waals surface area contributed by atoms with Crippen LogP contribution in [0, 0.1) is 6.92 Å². The van der Waals surface area contributed by atoms with E-state index >= 15 is 0 Å². The van der Waals surface area contributed by atoms with Crippen LogP contribution in [-0.4, -0.2) is 18.0 Å². The molecular formula is C12H16N4O2S. The van der Waals surface area contributed by atoms with Crippen LogP contribution in [0.3, 0.4) is 0 Å². The molecule has 0 aliphatic heterocycles. The van der Waals surface area contributed by atoms with Gasteiger partial charge in [-0.3, -0.25) is 0 Å². The molecule has 7 heteroatoms. The molecule has 0 unspecified atom stereocenters. The standard InChI is InChI=1S/C12H16N4O2S/c1-9-3-4-11(19(13,17)18)5-12(9)15-7-10-6-14-8-16(10)2/h3-6,8,15H,7H2,1-2H3,(H2,13,17,18). The predicted octanol–water partition coefficient (Wildman–Crippen LogP) is 0.988. The molecule has 0 fully saturated rings. The molecule has 3 N–H and O–H groups in total. The van der Waals surface area contributed by atoms with Gasteiger partial charge in [-0.1, -0.05) is 6.07 Å². The van der Waals surface area contributed by atoms with Crippen LogP contribution in [0.1, 0.15) is 11.3 Å². The predicted molar refractivity (Wildman–Crippen MR) is 73.1 cm³/mol. The van der Waals surface area contributed by atoms with Crippen molar-refractivity contribution in [1.82, 2.24) is 9.55 Å². The lowest BCUT2D eigenvalue weighted by molar-refractivity contribution is 0.598. The Morgan fingerprint density at radius 2 is 2.16 bits per heavy atom. The van der Waals surface area contributed by atoms with E-state index in [1.807, 2.05) is 18.5 Å². The second-order valence-electron chi connectivity index (χ2n) is 4.37.